The van der Waals surface area contributed by atoms with Crippen LogP contribution in [-0.2, 0) is 11.3 Å². The number of hydrogen-bond acceptors (Lipinski definition) is 10. The van der Waals surface area contributed by atoms with Crippen LogP contribution in [0.2, 0.25) is 0 Å². The second-order valence-corrected chi connectivity index (χ2v) is 13.7. The van der Waals surface area contributed by atoms with Crippen LogP contribution in [0.15, 0.2) is 76.6 Å². The Hall–Kier alpha value is -6.07. The average molecular weight is 779 g/mol. The summed E-state index contributed by atoms with van der Waals surface area (Å²) in [6.45, 7) is 7.11. The van der Waals surface area contributed by atoms with Gasteiger partial charge in [-0.3, -0.25) is 9.55 Å². The number of amides is 1. The normalized spacial score (nSPS) is 11.2. The van der Waals surface area contributed by atoms with Gasteiger partial charge < -0.3 is 31.1 Å². The van der Waals surface area contributed by atoms with Crippen LogP contribution < -0.4 is 27.7 Å². The molecule has 56 heavy (non-hydrogen) atoms. The van der Waals surface area contributed by atoms with Crippen molar-refractivity contribution in [3.8, 4) is 16.8 Å². The Labute approximate surface area is 320 Å². The van der Waals surface area contributed by atoms with E-state index in [9.17, 15) is 37.5 Å². The van der Waals surface area contributed by atoms with Gasteiger partial charge in [-0.15, -0.1) is 0 Å². The van der Waals surface area contributed by atoms with Gasteiger partial charge in [-0.05, 0) is 83.1 Å². The molecule has 0 atom stereocenters. The molecule has 5 aromatic rings. The number of anilines is 1. The molecule has 0 unspecified atom stereocenters. The van der Waals surface area contributed by atoms with E-state index in [-0.39, 0.29) is 35.4 Å². The second-order valence-electron chi connectivity index (χ2n) is 13.7. The van der Waals surface area contributed by atoms with Crippen molar-refractivity contribution < 1.29 is 32.6 Å². The van der Waals surface area contributed by atoms with Gasteiger partial charge >= 0.3 is 23.4 Å². The SMILES string of the molecule is CN(CCCN)C(=O)OC(C)(C)C.CNCCCNc1nc(=O)n(-c2cncc3cccc(-c4cccc(C(=O)O)c4)c23)c(=O)n1Cc1cc(F)c(F)cc1F. The van der Waals surface area contributed by atoms with Crippen molar-refractivity contribution in [3.63, 3.8) is 0 Å². The molecule has 0 saturated heterocycles. The van der Waals surface area contributed by atoms with Gasteiger partial charge in [-0.25, -0.2) is 36.9 Å². The van der Waals surface area contributed by atoms with Crippen molar-refractivity contribution in [3.05, 3.63) is 117 Å². The Morgan fingerprint density at radius 2 is 1.68 bits per heavy atom. The van der Waals surface area contributed by atoms with E-state index in [0.717, 1.165) is 15.6 Å². The number of pyridine rings is 1. The highest BCUT2D eigenvalue weighted by molar-refractivity contribution is 6.02. The lowest BCUT2D eigenvalue weighted by atomic mass is 9.97. The number of carboxylic acid groups (broad SMARTS) is 1. The van der Waals surface area contributed by atoms with E-state index in [0.29, 0.717) is 60.1 Å². The molecule has 1 amide bonds. The van der Waals surface area contributed by atoms with E-state index in [4.69, 9.17) is 10.5 Å². The molecule has 5 N–H and O–H groups in total. The first kappa shape index (κ1) is 42.7. The molecule has 0 radical (unpaired) electrons. The zero-order valence-corrected chi connectivity index (χ0v) is 31.7. The molecule has 0 aliphatic carbocycles. The lowest BCUT2D eigenvalue weighted by Gasteiger charge is -2.24. The zero-order chi connectivity index (χ0) is 41.2. The number of benzene rings is 3. The van der Waals surface area contributed by atoms with Gasteiger partial charge in [0.25, 0.3) is 0 Å². The van der Waals surface area contributed by atoms with Gasteiger partial charge in [-0.1, -0.05) is 30.3 Å². The molecule has 3 aromatic carbocycles. The predicted octanol–water partition coefficient (Wildman–Crippen LogP) is 5.00. The van der Waals surface area contributed by atoms with Gasteiger partial charge in [0.1, 0.15) is 11.4 Å². The number of carbonyl (C=O) groups is 2. The summed E-state index contributed by atoms with van der Waals surface area (Å²) >= 11 is 0. The molecule has 0 aliphatic heterocycles. The van der Waals surface area contributed by atoms with Gasteiger partial charge in [0.2, 0.25) is 5.95 Å². The van der Waals surface area contributed by atoms with Gasteiger partial charge in [0, 0.05) is 48.7 Å². The number of ether oxygens (including phenoxy) is 1. The van der Waals surface area contributed by atoms with Crippen LogP contribution in [0, 0.1) is 17.5 Å². The van der Waals surface area contributed by atoms with Crippen molar-refractivity contribution >= 4 is 28.8 Å². The van der Waals surface area contributed by atoms with Crippen molar-refractivity contribution in [1.29, 1.82) is 0 Å². The minimum absolute atomic E-state index is 0.0357. The molecule has 14 nitrogen and oxygen atoms in total. The van der Waals surface area contributed by atoms with Crippen LogP contribution in [-0.4, -0.2) is 87.0 Å². The Kier molecular flexibility index (Phi) is 14.5. The molecular formula is C39H45F3N8O6. The Bertz CT molecular complexity index is 2300. The molecule has 0 spiro atoms. The number of aromatic nitrogens is 4. The number of hydrogen-bond donors (Lipinski definition) is 4. The fourth-order valence-corrected chi connectivity index (χ4v) is 5.50. The Balaban J connectivity index is 0.000000460. The number of nitrogens with zero attached hydrogens (tertiary/aromatic N) is 5. The van der Waals surface area contributed by atoms with Gasteiger partial charge in [0.15, 0.2) is 11.6 Å². The Morgan fingerprint density at radius 1 is 0.964 bits per heavy atom. The minimum Gasteiger partial charge on any atom is -0.478 e. The summed E-state index contributed by atoms with van der Waals surface area (Å²) in [5, 5.41) is 16.3. The monoisotopic (exact) mass is 778 g/mol. The van der Waals surface area contributed by atoms with Crippen LogP contribution in [0.4, 0.5) is 23.9 Å². The van der Waals surface area contributed by atoms with Gasteiger partial charge in [0.05, 0.1) is 24.0 Å². The fraction of sp³-hybridized carbons (Fsp3) is 0.333. The molecule has 0 aliphatic rings. The molecule has 2 aromatic heterocycles. The van der Waals surface area contributed by atoms with Crippen molar-refractivity contribution in [2.45, 2.75) is 45.8 Å². The van der Waals surface area contributed by atoms with E-state index in [2.05, 4.69) is 20.6 Å². The largest absolute Gasteiger partial charge is 0.478 e. The van der Waals surface area contributed by atoms with Crippen molar-refractivity contribution in [2.75, 3.05) is 45.6 Å². The van der Waals surface area contributed by atoms with Crippen LogP contribution in [0.1, 0.15) is 49.5 Å². The summed E-state index contributed by atoms with van der Waals surface area (Å²) < 4.78 is 49.2. The fourth-order valence-electron chi connectivity index (χ4n) is 5.50. The highest BCUT2D eigenvalue weighted by Crippen LogP contribution is 2.32. The number of carboxylic acids is 1. The van der Waals surface area contributed by atoms with E-state index < -0.39 is 46.9 Å². The molecule has 2 heterocycles. The number of halogens is 3. The number of aromatic carboxylic acids is 1. The van der Waals surface area contributed by atoms with Crippen molar-refractivity contribution in [1.82, 2.24) is 29.3 Å². The van der Waals surface area contributed by atoms with Crippen molar-refractivity contribution in [2.24, 2.45) is 5.73 Å². The van der Waals surface area contributed by atoms with Gasteiger partial charge in [-0.2, -0.15) is 4.98 Å². The molecule has 0 fully saturated rings. The molecular weight excluding hydrogens is 733 g/mol. The summed E-state index contributed by atoms with van der Waals surface area (Å²) in [6.07, 6.45) is 3.91. The highest BCUT2D eigenvalue weighted by Gasteiger charge is 2.22. The number of rotatable bonds is 13. The van der Waals surface area contributed by atoms with E-state index in [1.165, 1.54) is 29.4 Å². The number of fused-ring (bicyclic) bond motifs is 1. The lowest BCUT2D eigenvalue weighted by Crippen LogP contribution is -2.42. The van der Waals surface area contributed by atoms with Crippen LogP contribution in [0.25, 0.3) is 27.6 Å². The molecule has 0 bridgehead atoms. The molecule has 298 valence electrons. The van der Waals surface area contributed by atoms with E-state index >= 15 is 0 Å². The summed E-state index contributed by atoms with van der Waals surface area (Å²) in [5.41, 5.74) is 3.75. The van der Waals surface area contributed by atoms with Crippen LogP contribution in [0.3, 0.4) is 0 Å². The highest BCUT2D eigenvalue weighted by atomic mass is 19.2. The quantitative estimate of drug-likeness (QED) is 0.0932. The third-order valence-electron chi connectivity index (χ3n) is 8.20. The maximum atomic E-state index is 14.7. The molecule has 17 heteroatoms. The van der Waals surface area contributed by atoms with Crippen LogP contribution in [0.5, 0.6) is 0 Å². The molecule has 5 rings (SSSR count). The first-order valence-corrected chi connectivity index (χ1v) is 17.7. The maximum absolute atomic E-state index is 14.7. The second kappa shape index (κ2) is 19.0. The molecule has 0 saturated carbocycles. The number of nitrogens with two attached hydrogens (primary N) is 1. The summed E-state index contributed by atoms with van der Waals surface area (Å²) in [7, 11) is 3.47. The lowest BCUT2D eigenvalue weighted by molar-refractivity contribution is 0.0298. The Morgan fingerprint density at radius 3 is 2.36 bits per heavy atom. The van der Waals surface area contributed by atoms with E-state index in [1.54, 1.807) is 44.4 Å². The average Bonchev–Trinajstić information content (AvgIpc) is 3.15. The zero-order valence-electron chi connectivity index (χ0n) is 31.7. The smallest absolute Gasteiger partial charge is 0.410 e. The van der Waals surface area contributed by atoms with Crippen LogP contribution >= 0.6 is 0 Å². The topological polar surface area (TPSA) is 187 Å². The summed E-state index contributed by atoms with van der Waals surface area (Å²) in [6, 6.07) is 12.3. The predicted molar refractivity (Wildman–Crippen MR) is 207 cm³/mol. The first-order chi connectivity index (χ1) is 26.6. The summed E-state index contributed by atoms with van der Waals surface area (Å²) in [4.78, 5) is 60.2. The minimum atomic E-state index is -1.39. The standard InChI is InChI=1S/C30H25F3N6O4.C9H20N2O2/c1-34-9-4-10-36-28-37-29(42)39(30(43)38(28)16-20-12-23(32)24(33)13-22(20)31)25-15-35-14-19-7-3-8-21(26(19)25)17-5-2-6-18(11-17)27(40)41;1-9(2,3)13-8(12)11(4)7-5-6-10/h2-3,5-8,11-15,34H,4,9-10,16H2,1H3,(H,40,41)(H,36,37,42);5-7,10H2,1-4H3. The number of nitrogens with one attached hydrogen (secondary N) is 2. The van der Waals surface area contributed by atoms with E-state index in [1.807, 2.05) is 20.8 Å². The number of carbonyl (C=O) groups excluding carboxylic acids is 1. The maximum Gasteiger partial charge on any atom is 0.410 e. The third-order valence-corrected chi connectivity index (χ3v) is 8.20. The first-order valence-electron chi connectivity index (χ1n) is 17.7. The summed E-state index contributed by atoms with van der Waals surface area (Å²) in [5.74, 6) is -5.09. The third kappa shape index (κ3) is 10.8.